The Balaban J connectivity index is 2.78. The van der Waals surface area contributed by atoms with Gasteiger partial charge in [-0.2, -0.15) is 0 Å². The highest BCUT2D eigenvalue weighted by molar-refractivity contribution is 5.25. The van der Waals surface area contributed by atoms with Crippen LogP contribution < -0.4 is 5.73 Å². The van der Waals surface area contributed by atoms with Gasteiger partial charge in [-0.25, -0.2) is 4.39 Å². The van der Waals surface area contributed by atoms with E-state index in [2.05, 4.69) is 0 Å². The molecule has 1 aromatic carbocycles. The van der Waals surface area contributed by atoms with Crippen molar-refractivity contribution in [2.75, 3.05) is 19.8 Å². The van der Waals surface area contributed by atoms with Gasteiger partial charge in [-0.3, -0.25) is 0 Å². The highest BCUT2D eigenvalue weighted by Gasteiger charge is 2.10. The first-order valence-corrected chi connectivity index (χ1v) is 4.87. The van der Waals surface area contributed by atoms with Crippen molar-refractivity contribution >= 4 is 0 Å². The van der Waals surface area contributed by atoms with Gasteiger partial charge in [0.15, 0.2) is 0 Å². The molecule has 0 amide bonds. The molecule has 3 nitrogen and oxygen atoms in total. The second-order valence-electron chi connectivity index (χ2n) is 3.33. The van der Waals surface area contributed by atoms with Crippen LogP contribution in [-0.2, 0) is 4.74 Å². The quantitative estimate of drug-likeness (QED) is 0.771. The Morgan fingerprint density at radius 2 is 2.27 bits per heavy atom. The lowest BCUT2D eigenvalue weighted by molar-refractivity contribution is 0.0328. The molecule has 1 aromatic rings. The fourth-order valence-corrected chi connectivity index (χ4v) is 1.36. The minimum atomic E-state index is -0.281. The average molecular weight is 213 g/mol. The smallest absolute Gasteiger partial charge is 0.126 e. The van der Waals surface area contributed by atoms with E-state index in [-0.39, 0.29) is 25.1 Å². The van der Waals surface area contributed by atoms with E-state index in [0.717, 1.165) is 5.56 Å². The largest absolute Gasteiger partial charge is 0.394 e. The van der Waals surface area contributed by atoms with Gasteiger partial charge in [0.05, 0.1) is 19.3 Å². The van der Waals surface area contributed by atoms with Crippen molar-refractivity contribution in [3.63, 3.8) is 0 Å². The number of nitrogens with two attached hydrogens (primary N) is 1. The van der Waals surface area contributed by atoms with Gasteiger partial charge in [-0.05, 0) is 24.1 Å². The molecule has 0 aliphatic heterocycles. The van der Waals surface area contributed by atoms with E-state index in [1.165, 1.54) is 6.07 Å². The number of aliphatic hydroxyl groups is 1. The molecule has 0 spiro atoms. The molecule has 1 rings (SSSR count). The van der Waals surface area contributed by atoms with Gasteiger partial charge in [-0.15, -0.1) is 0 Å². The summed E-state index contributed by atoms with van der Waals surface area (Å²) in [5.41, 5.74) is 6.94. The second kappa shape index (κ2) is 5.80. The van der Waals surface area contributed by atoms with Crippen molar-refractivity contribution in [1.82, 2.24) is 0 Å². The van der Waals surface area contributed by atoms with E-state index in [4.69, 9.17) is 15.6 Å². The first-order chi connectivity index (χ1) is 7.19. The molecule has 15 heavy (non-hydrogen) atoms. The van der Waals surface area contributed by atoms with Crippen LogP contribution >= 0.6 is 0 Å². The first-order valence-electron chi connectivity index (χ1n) is 4.87. The van der Waals surface area contributed by atoms with Crippen molar-refractivity contribution in [2.45, 2.75) is 13.0 Å². The van der Waals surface area contributed by atoms with E-state index in [9.17, 15) is 4.39 Å². The molecule has 3 N–H and O–H groups in total. The topological polar surface area (TPSA) is 55.5 Å². The van der Waals surface area contributed by atoms with E-state index >= 15 is 0 Å². The minimum absolute atomic E-state index is 0.0450. The Kier molecular flexibility index (Phi) is 4.68. The predicted octanol–water partition coefficient (Wildman–Crippen LogP) is 1.14. The summed E-state index contributed by atoms with van der Waals surface area (Å²) in [6, 6.07) is 4.76. The number of aryl methyl sites for hydroxylation is 1. The van der Waals surface area contributed by atoms with Crippen LogP contribution in [0.2, 0.25) is 0 Å². The van der Waals surface area contributed by atoms with Crippen molar-refractivity contribution in [2.24, 2.45) is 5.73 Å². The zero-order valence-electron chi connectivity index (χ0n) is 8.74. The van der Waals surface area contributed by atoms with Crippen molar-refractivity contribution in [3.05, 3.63) is 35.1 Å². The van der Waals surface area contributed by atoms with Crippen LogP contribution in [0.4, 0.5) is 4.39 Å². The Bertz CT molecular complexity index is 317. The van der Waals surface area contributed by atoms with Crippen LogP contribution in [0, 0.1) is 12.7 Å². The van der Waals surface area contributed by atoms with Crippen LogP contribution in [0.3, 0.4) is 0 Å². The van der Waals surface area contributed by atoms with E-state index in [1.54, 1.807) is 19.1 Å². The van der Waals surface area contributed by atoms with E-state index in [0.29, 0.717) is 12.1 Å². The molecule has 0 radical (unpaired) electrons. The summed E-state index contributed by atoms with van der Waals surface area (Å²) in [5.74, 6) is -0.239. The number of halogens is 1. The standard InChI is InChI=1S/C11H16FNO2/c1-8-6-9(2-3-10(8)12)11(7-13)15-5-4-14/h2-3,6,11,14H,4-5,7,13H2,1H3. The molecule has 0 aliphatic carbocycles. The third kappa shape index (κ3) is 3.27. The molecule has 84 valence electrons. The molecule has 4 heteroatoms. The summed E-state index contributed by atoms with van der Waals surface area (Å²) < 4.78 is 18.3. The minimum Gasteiger partial charge on any atom is -0.394 e. The molecule has 0 saturated carbocycles. The first kappa shape index (κ1) is 12.1. The van der Waals surface area contributed by atoms with Gasteiger partial charge in [0.2, 0.25) is 0 Å². The molecule has 0 heterocycles. The number of hydrogen-bond donors (Lipinski definition) is 2. The summed E-state index contributed by atoms with van der Waals surface area (Å²) in [7, 11) is 0. The molecular weight excluding hydrogens is 197 g/mol. The molecule has 1 atom stereocenters. The lowest BCUT2D eigenvalue weighted by atomic mass is 10.1. The van der Waals surface area contributed by atoms with Gasteiger partial charge in [0.25, 0.3) is 0 Å². The van der Waals surface area contributed by atoms with Crippen molar-refractivity contribution < 1.29 is 14.2 Å². The molecule has 0 aromatic heterocycles. The number of rotatable bonds is 5. The summed E-state index contributed by atoms with van der Waals surface area (Å²) in [6.07, 6.45) is -0.281. The van der Waals surface area contributed by atoms with Crippen LogP contribution in [0.5, 0.6) is 0 Å². The lowest BCUT2D eigenvalue weighted by Crippen LogP contribution is -2.17. The highest BCUT2D eigenvalue weighted by Crippen LogP contribution is 2.18. The third-order valence-electron chi connectivity index (χ3n) is 2.18. The Hall–Kier alpha value is -0.970. The van der Waals surface area contributed by atoms with Crippen molar-refractivity contribution in [3.8, 4) is 0 Å². The molecule has 0 aliphatic rings. The maximum absolute atomic E-state index is 13.0. The summed E-state index contributed by atoms with van der Waals surface area (Å²) in [4.78, 5) is 0. The van der Waals surface area contributed by atoms with Gasteiger partial charge in [0, 0.05) is 6.54 Å². The van der Waals surface area contributed by atoms with Gasteiger partial charge >= 0.3 is 0 Å². The van der Waals surface area contributed by atoms with E-state index < -0.39 is 0 Å². The number of aliphatic hydroxyl groups excluding tert-OH is 1. The summed E-state index contributed by atoms with van der Waals surface area (Å²) in [5, 5.41) is 8.63. The summed E-state index contributed by atoms with van der Waals surface area (Å²) in [6.45, 7) is 2.19. The van der Waals surface area contributed by atoms with Crippen LogP contribution in [0.1, 0.15) is 17.2 Å². The molecule has 0 bridgehead atoms. The Labute approximate surface area is 88.7 Å². The maximum atomic E-state index is 13.0. The third-order valence-corrected chi connectivity index (χ3v) is 2.18. The van der Waals surface area contributed by atoms with Gasteiger partial charge < -0.3 is 15.6 Å². The zero-order valence-corrected chi connectivity index (χ0v) is 8.74. The molecule has 0 fully saturated rings. The fraction of sp³-hybridized carbons (Fsp3) is 0.455. The fourth-order valence-electron chi connectivity index (χ4n) is 1.36. The molecule has 0 saturated heterocycles. The molecule has 1 unspecified atom stereocenters. The molecular formula is C11H16FNO2. The van der Waals surface area contributed by atoms with Crippen molar-refractivity contribution in [1.29, 1.82) is 0 Å². The maximum Gasteiger partial charge on any atom is 0.126 e. The average Bonchev–Trinajstić information content (AvgIpc) is 2.24. The number of ether oxygens (including phenoxy) is 1. The monoisotopic (exact) mass is 213 g/mol. The Morgan fingerprint density at radius 3 is 2.80 bits per heavy atom. The number of hydrogen-bond acceptors (Lipinski definition) is 3. The highest BCUT2D eigenvalue weighted by atomic mass is 19.1. The second-order valence-corrected chi connectivity index (χ2v) is 3.33. The zero-order chi connectivity index (χ0) is 11.3. The SMILES string of the molecule is Cc1cc(C(CN)OCCO)ccc1F. The van der Waals surface area contributed by atoms with Crippen LogP contribution in [0.25, 0.3) is 0 Å². The summed E-state index contributed by atoms with van der Waals surface area (Å²) >= 11 is 0. The van der Waals surface area contributed by atoms with Gasteiger partial charge in [-0.1, -0.05) is 12.1 Å². The predicted molar refractivity (Wildman–Crippen MR) is 56.0 cm³/mol. The number of benzene rings is 1. The normalized spacial score (nSPS) is 12.8. The van der Waals surface area contributed by atoms with Gasteiger partial charge in [0.1, 0.15) is 5.82 Å². The lowest BCUT2D eigenvalue weighted by Gasteiger charge is -2.16. The Morgan fingerprint density at radius 1 is 1.53 bits per heavy atom. The van der Waals surface area contributed by atoms with Crippen LogP contribution in [0.15, 0.2) is 18.2 Å². The van der Waals surface area contributed by atoms with E-state index in [1.807, 2.05) is 0 Å². The van der Waals surface area contributed by atoms with Crippen LogP contribution in [-0.4, -0.2) is 24.9 Å².